The monoisotopic (exact) mass is 291 g/mol. The second kappa shape index (κ2) is 8.24. The van der Waals surface area contributed by atoms with Gasteiger partial charge in [0.05, 0.1) is 19.3 Å². The third kappa shape index (κ3) is 6.36. The Bertz CT molecular complexity index is 379. The Morgan fingerprint density at radius 1 is 1.20 bits per heavy atom. The number of alkyl halides is 3. The van der Waals surface area contributed by atoms with Crippen molar-refractivity contribution in [3.63, 3.8) is 0 Å². The molecule has 0 saturated carbocycles. The zero-order valence-corrected chi connectivity index (χ0v) is 11.7. The van der Waals surface area contributed by atoms with Crippen LogP contribution in [0.1, 0.15) is 17.2 Å². The van der Waals surface area contributed by atoms with Crippen LogP contribution in [0.2, 0.25) is 0 Å². The van der Waals surface area contributed by atoms with Gasteiger partial charge in [-0.25, -0.2) is 0 Å². The van der Waals surface area contributed by atoms with Crippen LogP contribution < -0.4 is 5.32 Å². The number of hydrogen-bond acceptors (Lipinski definition) is 3. The van der Waals surface area contributed by atoms with E-state index in [4.69, 9.17) is 9.47 Å². The average molecular weight is 291 g/mol. The first-order valence-electron chi connectivity index (χ1n) is 6.36. The fraction of sp³-hybridized carbons (Fsp3) is 0.571. The number of ether oxygens (including phenoxy) is 2. The third-order valence-corrected chi connectivity index (χ3v) is 2.88. The molecule has 1 N–H and O–H groups in total. The number of nitrogens with one attached hydrogen (secondary N) is 1. The van der Waals surface area contributed by atoms with Crippen molar-refractivity contribution in [2.45, 2.75) is 18.6 Å². The molecule has 0 aliphatic carbocycles. The van der Waals surface area contributed by atoms with Gasteiger partial charge in [0.25, 0.3) is 0 Å². The summed E-state index contributed by atoms with van der Waals surface area (Å²) in [5, 5.41) is 2.95. The highest BCUT2D eigenvalue weighted by Crippen LogP contribution is 2.18. The molecule has 20 heavy (non-hydrogen) atoms. The molecule has 1 atom stereocenters. The number of rotatable bonds is 8. The highest BCUT2D eigenvalue weighted by atomic mass is 19.4. The minimum atomic E-state index is -4.29. The van der Waals surface area contributed by atoms with Crippen LogP contribution in [0.3, 0.4) is 0 Å². The van der Waals surface area contributed by atoms with Crippen LogP contribution >= 0.6 is 0 Å². The van der Waals surface area contributed by atoms with E-state index in [0.717, 1.165) is 17.5 Å². The quantitative estimate of drug-likeness (QED) is 0.799. The number of methoxy groups -OCH3 is 1. The smallest absolute Gasteiger partial charge is 0.384 e. The molecule has 0 bridgehead atoms. The zero-order valence-electron chi connectivity index (χ0n) is 11.7. The Morgan fingerprint density at radius 2 is 1.85 bits per heavy atom. The minimum absolute atomic E-state index is 0.0204. The third-order valence-electron chi connectivity index (χ3n) is 2.88. The second-order valence-corrected chi connectivity index (χ2v) is 4.46. The van der Waals surface area contributed by atoms with Gasteiger partial charge in [-0.15, -0.1) is 0 Å². The number of likely N-dealkylation sites (N-methyl/N-ethyl adjacent to an activating group) is 1. The second-order valence-electron chi connectivity index (χ2n) is 4.46. The van der Waals surface area contributed by atoms with Crippen LogP contribution in [-0.4, -0.2) is 40.2 Å². The van der Waals surface area contributed by atoms with Crippen LogP contribution in [-0.2, 0) is 15.9 Å². The van der Waals surface area contributed by atoms with Crippen molar-refractivity contribution in [2.75, 3.05) is 34.0 Å². The predicted octanol–water partition coefficient (Wildman–Crippen LogP) is 2.71. The molecule has 1 rings (SSSR count). The molecular formula is C14H20F3NO2. The SMILES string of the molecule is CNC(COCC(F)(F)F)c1ccc(CCOC)cc1. The molecule has 0 radical (unpaired) electrons. The van der Waals surface area contributed by atoms with Gasteiger partial charge in [0.1, 0.15) is 6.61 Å². The summed E-state index contributed by atoms with van der Waals surface area (Å²) in [7, 11) is 3.34. The summed E-state index contributed by atoms with van der Waals surface area (Å²) in [6.07, 6.45) is -3.48. The van der Waals surface area contributed by atoms with Crippen molar-refractivity contribution < 1.29 is 22.6 Å². The van der Waals surface area contributed by atoms with E-state index in [1.165, 1.54) is 0 Å². The van der Waals surface area contributed by atoms with E-state index in [-0.39, 0.29) is 12.6 Å². The summed E-state index contributed by atoms with van der Waals surface area (Å²) in [5.41, 5.74) is 2.03. The molecule has 0 amide bonds. The lowest BCUT2D eigenvalue weighted by atomic mass is 10.0. The first kappa shape index (κ1) is 16.9. The van der Waals surface area contributed by atoms with Gasteiger partial charge in [-0.3, -0.25) is 0 Å². The molecule has 114 valence electrons. The molecule has 0 aliphatic heterocycles. The van der Waals surface area contributed by atoms with Crippen molar-refractivity contribution in [2.24, 2.45) is 0 Å². The van der Waals surface area contributed by atoms with Gasteiger partial charge in [0, 0.05) is 7.11 Å². The van der Waals surface area contributed by atoms with Gasteiger partial charge >= 0.3 is 6.18 Å². The van der Waals surface area contributed by atoms with E-state index >= 15 is 0 Å². The van der Waals surface area contributed by atoms with Crippen LogP contribution in [0.5, 0.6) is 0 Å². The molecule has 0 aliphatic rings. The molecule has 0 spiro atoms. The maximum atomic E-state index is 12.0. The van der Waals surface area contributed by atoms with Crippen molar-refractivity contribution in [3.05, 3.63) is 35.4 Å². The maximum Gasteiger partial charge on any atom is 0.411 e. The minimum Gasteiger partial charge on any atom is -0.384 e. The van der Waals surface area contributed by atoms with Crippen LogP contribution in [0, 0.1) is 0 Å². The van der Waals surface area contributed by atoms with Crippen molar-refractivity contribution in [3.8, 4) is 0 Å². The van der Waals surface area contributed by atoms with Gasteiger partial charge in [0.2, 0.25) is 0 Å². The van der Waals surface area contributed by atoms with E-state index in [0.29, 0.717) is 6.61 Å². The standard InChI is InChI=1S/C14H20F3NO2/c1-18-13(9-20-10-14(15,16)17)12-5-3-11(4-6-12)7-8-19-2/h3-6,13,18H,7-10H2,1-2H3. The first-order valence-corrected chi connectivity index (χ1v) is 6.36. The van der Waals surface area contributed by atoms with Gasteiger partial charge in [-0.2, -0.15) is 13.2 Å². The lowest BCUT2D eigenvalue weighted by molar-refractivity contribution is -0.175. The van der Waals surface area contributed by atoms with E-state index in [9.17, 15) is 13.2 Å². The van der Waals surface area contributed by atoms with E-state index in [2.05, 4.69) is 5.32 Å². The number of hydrogen-bond donors (Lipinski definition) is 1. The molecule has 0 heterocycles. The average Bonchev–Trinajstić information content (AvgIpc) is 2.41. The van der Waals surface area contributed by atoms with Crippen molar-refractivity contribution in [1.82, 2.24) is 5.32 Å². The molecule has 1 aromatic rings. The Kier molecular flexibility index (Phi) is 6.98. The van der Waals surface area contributed by atoms with E-state index < -0.39 is 12.8 Å². The highest BCUT2D eigenvalue weighted by Gasteiger charge is 2.27. The van der Waals surface area contributed by atoms with Crippen molar-refractivity contribution >= 4 is 0 Å². The Balaban J connectivity index is 2.52. The molecule has 0 saturated heterocycles. The van der Waals surface area contributed by atoms with E-state index in [1.54, 1.807) is 14.2 Å². The lowest BCUT2D eigenvalue weighted by Gasteiger charge is -2.18. The van der Waals surface area contributed by atoms with Crippen LogP contribution in [0.25, 0.3) is 0 Å². The fourth-order valence-corrected chi connectivity index (χ4v) is 1.78. The first-order chi connectivity index (χ1) is 9.46. The summed E-state index contributed by atoms with van der Waals surface area (Å²) in [4.78, 5) is 0. The fourth-order valence-electron chi connectivity index (χ4n) is 1.78. The molecule has 3 nitrogen and oxygen atoms in total. The van der Waals surface area contributed by atoms with Gasteiger partial charge < -0.3 is 14.8 Å². The lowest BCUT2D eigenvalue weighted by Crippen LogP contribution is -2.25. The normalized spacial score (nSPS) is 13.4. The summed E-state index contributed by atoms with van der Waals surface area (Å²) in [6, 6.07) is 7.42. The molecule has 6 heteroatoms. The summed E-state index contributed by atoms with van der Waals surface area (Å²) in [6.45, 7) is -0.603. The molecular weight excluding hydrogens is 271 g/mol. The Hall–Kier alpha value is -1.11. The van der Waals surface area contributed by atoms with Crippen molar-refractivity contribution in [1.29, 1.82) is 0 Å². The predicted molar refractivity (Wildman–Crippen MR) is 70.7 cm³/mol. The van der Waals surface area contributed by atoms with E-state index in [1.807, 2.05) is 24.3 Å². The highest BCUT2D eigenvalue weighted by molar-refractivity contribution is 5.25. The van der Waals surface area contributed by atoms with Crippen LogP contribution in [0.15, 0.2) is 24.3 Å². The van der Waals surface area contributed by atoms with Gasteiger partial charge in [-0.1, -0.05) is 24.3 Å². The molecule has 1 unspecified atom stereocenters. The number of benzene rings is 1. The van der Waals surface area contributed by atoms with Gasteiger partial charge in [0.15, 0.2) is 0 Å². The Morgan fingerprint density at radius 3 is 2.35 bits per heavy atom. The summed E-state index contributed by atoms with van der Waals surface area (Å²) in [5.74, 6) is 0. The molecule has 0 fully saturated rings. The Labute approximate surface area is 117 Å². The summed E-state index contributed by atoms with van der Waals surface area (Å²) >= 11 is 0. The van der Waals surface area contributed by atoms with Gasteiger partial charge in [-0.05, 0) is 24.6 Å². The number of halogens is 3. The summed E-state index contributed by atoms with van der Waals surface area (Å²) < 4.78 is 45.8. The topological polar surface area (TPSA) is 30.5 Å². The largest absolute Gasteiger partial charge is 0.411 e. The van der Waals surface area contributed by atoms with Crippen LogP contribution in [0.4, 0.5) is 13.2 Å². The molecule has 0 aromatic heterocycles. The maximum absolute atomic E-state index is 12.0. The molecule has 1 aromatic carbocycles. The zero-order chi connectivity index (χ0) is 15.0.